The Bertz CT molecular complexity index is 1380. The Hall–Kier alpha value is -4.18. The smallest absolute Gasteiger partial charge is 0.274 e. The second-order valence-electron chi connectivity index (χ2n) is 6.90. The van der Waals surface area contributed by atoms with E-state index in [1.807, 2.05) is 48.7 Å². The number of anilines is 1. The molecule has 0 aliphatic heterocycles. The molecule has 0 bridgehead atoms. The Morgan fingerprint density at radius 2 is 2.06 bits per heavy atom. The average Bonchev–Trinajstić information content (AvgIpc) is 3.60. The van der Waals surface area contributed by atoms with E-state index in [1.165, 1.54) is 11.3 Å². The van der Waals surface area contributed by atoms with Crippen molar-refractivity contribution in [2.45, 2.75) is 6.92 Å². The van der Waals surface area contributed by atoms with Gasteiger partial charge >= 0.3 is 0 Å². The summed E-state index contributed by atoms with van der Waals surface area (Å²) in [5.41, 5.74) is 3.16. The number of amides is 1. The fraction of sp³-hybridized carbons (Fsp3) is 0.0909. The van der Waals surface area contributed by atoms with Crippen molar-refractivity contribution in [1.29, 1.82) is 0 Å². The number of ether oxygens (including phenoxy) is 1. The fourth-order valence-corrected chi connectivity index (χ4v) is 4.03. The summed E-state index contributed by atoms with van der Waals surface area (Å²) >= 11 is 1.40. The summed E-state index contributed by atoms with van der Waals surface area (Å²) in [5, 5.41) is 16.9. The fourth-order valence-electron chi connectivity index (χ4n) is 3.25. The van der Waals surface area contributed by atoms with Gasteiger partial charge in [0.25, 0.3) is 5.91 Å². The van der Waals surface area contributed by atoms with Crippen molar-refractivity contribution in [1.82, 2.24) is 25.0 Å². The third-order valence-electron chi connectivity index (χ3n) is 4.73. The quantitative estimate of drug-likeness (QED) is 0.396. The summed E-state index contributed by atoms with van der Waals surface area (Å²) < 4.78 is 12.4. The number of aromatic nitrogens is 5. The molecule has 9 nitrogen and oxygen atoms in total. The van der Waals surface area contributed by atoms with Gasteiger partial charge in [-0.15, -0.1) is 11.3 Å². The van der Waals surface area contributed by atoms with Gasteiger partial charge in [-0.25, -0.2) is 4.98 Å². The normalized spacial score (nSPS) is 10.9. The number of aromatic amines is 1. The van der Waals surface area contributed by atoms with Crippen LogP contribution in [0.4, 0.5) is 5.82 Å². The molecule has 5 aromatic rings. The van der Waals surface area contributed by atoms with Crippen LogP contribution in [0.25, 0.3) is 27.8 Å². The third-order valence-corrected chi connectivity index (χ3v) is 5.54. The molecular weight excluding hydrogens is 428 g/mol. The highest BCUT2D eigenvalue weighted by Gasteiger charge is 2.18. The van der Waals surface area contributed by atoms with Crippen molar-refractivity contribution >= 4 is 23.1 Å². The van der Waals surface area contributed by atoms with E-state index < -0.39 is 0 Å². The number of nitrogens with one attached hydrogen (secondary N) is 2. The highest BCUT2D eigenvalue weighted by molar-refractivity contribution is 7.12. The molecule has 0 fully saturated rings. The first-order valence-corrected chi connectivity index (χ1v) is 10.6. The second-order valence-corrected chi connectivity index (χ2v) is 7.73. The molecule has 1 amide bonds. The zero-order valence-corrected chi connectivity index (χ0v) is 18.0. The monoisotopic (exact) mass is 446 g/mol. The van der Waals surface area contributed by atoms with E-state index in [0.29, 0.717) is 39.5 Å². The minimum absolute atomic E-state index is 0.312. The zero-order chi connectivity index (χ0) is 22.1. The molecule has 4 heterocycles. The molecule has 5 rings (SSSR count). The summed E-state index contributed by atoms with van der Waals surface area (Å²) in [4.78, 5) is 17.5. The van der Waals surface area contributed by atoms with Crippen LogP contribution in [0.5, 0.6) is 5.75 Å². The molecule has 0 saturated carbocycles. The van der Waals surface area contributed by atoms with Crippen molar-refractivity contribution in [3.05, 3.63) is 71.6 Å². The summed E-state index contributed by atoms with van der Waals surface area (Å²) in [5.74, 6) is 1.50. The number of furan rings is 1. The van der Waals surface area contributed by atoms with Crippen LogP contribution in [0.15, 0.2) is 64.6 Å². The number of carbonyl (C=O) groups is 1. The summed E-state index contributed by atoms with van der Waals surface area (Å²) in [6.45, 7) is 1.85. The first-order valence-electron chi connectivity index (χ1n) is 9.69. The molecule has 0 aliphatic rings. The standard InChI is InChI=1S/C22H18N6O3S/c1-13-10-20(28(27-13)22-23-17(12-32-22)19-8-5-9-31-19)24-21(29)16-11-15(25-26-16)14-6-3-4-7-18(14)30-2/h3-12H,1-2H3,(H,24,29)(H,25,26). The van der Waals surface area contributed by atoms with E-state index in [9.17, 15) is 4.79 Å². The van der Waals surface area contributed by atoms with Crippen molar-refractivity contribution in [2.24, 2.45) is 0 Å². The molecule has 0 atom stereocenters. The van der Waals surface area contributed by atoms with Gasteiger partial charge in [-0.05, 0) is 37.3 Å². The Labute approximate surface area is 186 Å². The Morgan fingerprint density at radius 1 is 1.19 bits per heavy atom. The lowest BCUT2D eigenvalue weighted by Gasteiger charge is -2.05. The Kier molecular flexibility index (Phi) is 5.04. The minimum Gasteiger partial charge on any atom is -0.496 e. The lowest BCUT2D eigenvalue weighted by molar-refractivity contribution is 0.102. The number of aryl methyl sites for hydroxylation is 1. The molecule has 4 aromatic heterocycles. The van der Waals surface area contributed by atoms with Crippen molar-refractivity contribution in [3.8, 4) is 33.6 Å². The predicted octanol–water partition coefficient (Wildman–Crippen LogP) is 4.55. The molecule has 32 heavy (non-hydrogen) atoms. The van der Waals surface area contributed by atoms with Crippen LogP contribution in [0.1, 0.15) is 16.2 Å². The van der Waals surface area contributed by atoms with Gasteiger partial charge < -0.3 is 14.5 Å². The SMILES string of the molecule is COc1ccccc1-c1cc(C(=O)Nc2cc(C)nn2-c2nc(-c3ccco3)cs2)[nH]n1. The number of methoxy groups -OCH3 is 1. The van der Waals surface area contributed by atoms with E-state index in [4.69, 9.17) is 9.15 Å². The van der Waals surface area contributed by atoms with Crippen LogP contribution < -0.4 is 10.1 Å². The van der Waals surface area contributed by atoms with Gasteiger partial charge in [-0.3, -0.25) is 9.89 Å². The Balaban J connectivity index is 1.40. The molecule has 1 aromatic carbocycles. The average molecular weight is 446 g/mol. The van der Waals surface area contributed by atoms with E-state index in [-0.39, 0.29) is 5.91 Å². The number of thiazole rings is 1. The van der Waals surface area contributed by atoms with Crippen LogP contribution in [-0.4, -0.2) is 38.0 Å². The number of hydrogen-bond donors (Lipinski definition) is 2. The molecular formula is C22H18N6O3S. The van der Waals surface area contributed by atoms with E-state index in [1.54, 1.807) is 30.2 Å². The first kappa shape index (κ1) is 19.8. The van der Waals surface area contributed by atoms with Gasteiger partial charge in [0, 0.05) is 17.0 Å². The van der Waals surface area contributed by atoms with Crippen molar-refractivity contribution < 1.29 is 13.9 Å². The maximum atomic E-state index is 12.9. The van der Waals surface area contributed by atoms with Gasteiger partial charge in [0.1, 0.15) is 23.0 Å². The van der Waals surface area contributed by atoms with Gasteiger partial charge in [0.15, 0.2) is 5.76 Å². The van der Waals surface area contributed by atoms with Crippen LogP contribution in [0.3, 0.4) is 0 Å². The number of hydrogen-bond acceptors (Lipinski definition) is 7. The molecule has 0 unspecified atom stereocenters. The topological polar surface area (TPSA) is 111 Å². The number of carbonyl (C=O) groups excluding carboxylic acids is 1. The largest absolute Gasteiger partial charge is 0.496 e. The molecule has 0 saturated heterocycles. The maximum Gasteiger partial charge on any atom is 0.274 e. The van der Waals surface area contributed by atoms with E-state index in [2.05, 4.69) is 25.6 Å². The third kappa shape index (κ3) is 3.67. The molecule has 0 spiro atoms. The summed E-state index contributed by atoms with van der Waals surface area (Å²) in [6, 6.07) is 14.6. The number of benzene rings is 1. The van der Waals surface area contributed by atoms with Crippen LogP contribution >= 0.6 is 11.3 Å². The lowest BCUT2D eigenvalue weighted by Crippen LogP contribution is -2.15. The van der Waals surface area contributed by atoms with Crippen molar-refractivity contribution in [2.75, 3.05) is 12.4 Å². The number of H-pyrrole nitrogens is 1. The van der Waals surface area contributed by atoms with Crippen molar-refractivity contribution in [3.63, 3.8) is 0 Å². The molecule has 0 aliphatic carbocycles. The maximum absolute atomic E-state index is 12.9. The van der Waals surface area contributed by atoms with Gasteiger partial charge in [0.05, 0.1) is 24.8 Å². The highest BCUT2D eigenvalue weighted by Crippen LogP contribution is 2.29. The minimum atomic E-state index is -0.345. The van der Waals surface area contributed by atoms with Gasteiger partial charge in [-0.1, -0.05) is 12.1 Å². The van der Waals surface area contributed by atoms with E-state index in [0.717, 1.165) is 11.3 Å². The number of nitrogens with zero attached hydrogens (tertiary/aromatic N) is 4. The van der Waals surface area contributed by atoms with E-state index >= 15 is 0 Å². The zero-order valence-electron chi connectivity index (χ0n) is 17.2. The second kappa shape index (κ2) is 8.16. The van der Waals surface area contributed by atoms with Gasteiger partial charge in [-0.2, -0.15) is 14.9 Å². The van der Waals surface area contributed by atoms with Crippen LogP contribution in [0.2, 0.25) is 0 Å². The molecule has 10 heteroatoms. The van der Waals surface area contributed by atoms with Crippen LogP contribution in [-0.2, 0) is 0 Å². The lowest BCUT2D eigenvalue weighted by atomic mass is 10.1. The number of rotatable bonds is 6. The first-order chi connectivity index (χ1) is 15.6. The highest BCUT2D eigenvalue weighted by atomic mass is 32.1. The van der Waals surface area contributed by atoms with Gasteiger partial charge in [0.2, 0.25) is 5.13 Å². The molecule has 0 radical (unpaired) electrons. The molecule has 160 valence electrons. The molecule has 2 N–H and O–H groups in total. The summed E-state index contributed by atoms with van der Waals surface area (Å²) in [7, 11) is 1.60. The predicted molar refractivity (Wildman–Crippen MR) is 120 cm³/mol. The Morgan fingerprint density at radius 3 is 2.88 bits per heavy atom. The van der Waals surface area contributed by atoms with Crippen LogP contribution in [0, 0.1) is 6.92 Å². The number of para-hydroxylation sites is 1. The summed E-state index contributed by atoms with van der Waals surface area (Å²) in [6.07, 6.45) is 1.60.